The van der Waals surface area contributed by atoms with E-state index in [0.29, 0.717) is 0 Å². The zero-order valence-corrected chi connectivity index (χ0v) is 9.58. The molecule has 1 aromatic heterocycles. The Balaban J connectivity index is 1.76. The van der Waals surface area contributed by atoms with Crippen LogP contribution in [0.2, 0.25) is 0 Å². The molecule has 2 rings (SSSR count). The summed E-state index contributed by atoms with van der Waals surface area (Å²) in [6.07, 6.45) is 11.0. The van der Waals surface area contributed by atoms with Crippen LogP contribution < -0.4 is 5.32 Å². The van der Waals surface area contributed by atoms with E-state index in [1.54, 1.807) is 0 Å². The minimum atomic E-state index is 0.740. The lowest BCUT2D eigenvalue weighted by atomic mass is 9.95. The standard InChI is InChI=1S/C12H21N3/c1-2-15-10-11(9-14-15)8-13-12-6-4-3-5-7-12/h9-10,12-13H,2-8H2,1H3. The van der Waals surface area contributed by atoms with Gasteiger partial charge in [0.2, 0.25) is 0 Å². The molecule has 0 aromatic carbocycles. The largest absolute Gasteiger partial charge is 0.310 e. The summed E-state index contributed by atoms with van der Waals surface area (Å²) in [6, 6.07) is 0.740. The molecule has 0 atom stereocenters. The van der Waals surface area contributed by atoms with E-state index in [2.05, 4.69) is 23.5 Å². The van der Waals surface area contributed by atoms with E-state index in [0.717, 1.165) is 19.1 Å². The fourth-order valence-electron chi connectivity index (χ4n) is 2.24. The fraction of sp³-hybridized carbons (Fsp3) is 0.750. The van der Waals surface area contributed by atoms with Crippen molar-refractivity contribution in [3.05, 3.63) is 18.0 Å². The number of nitrogens with zero attached hydrogens (tertiary/aromatic N) is 2. The predicted molar refractivity (Wildman–Crippen MR) is 61.6 cm³/mol. The Labute approximate surface area is 91.9 Å². The van der Waals surface area contributed by atoms with Gasteiger partial charge in [-0.05, 0) is 19.8 Å². The minimum Gasteiger partial charge on any atom is -0.310 e. The number of hydrogen-bond donors (Lipinski definition) is 1. The van der Waals surface area contributed by atoms with Crippen LogP contribution >= 0.6 is 0 Å². The van der Waals surface area contributed by atoms with E-state index in [9.17, 15) is 0 Å². The van der Waals surface area contributed by atoms with Gasteiger partial charge in [0.1, 0.15) is 0 Å². The highest BCUT2D eigenvalue weighted by Crippen LogP contribution is 2.17. The zero-order chi connectivity index (χ0) is 10.5. The average Bonchev–Trinajstić information content (AvgIpc) is 2.76. The van der Waals surface area contributed by atoms with E-state index in [1.807, 2.05) is 10.9 Å². The van der Waals surface area contributed by atoms with Crippen LogP contribution in [0, 0.1) is 0 Å². The van der Waals surface area contributed by atoms with Gasteiger partial charge in [-0.15, -0.1) is 0 Å². The first-order chi connectivity index (χ1) is 7.38. The van der Waals surface area contributed by atoms with Gasteiger partial charge in [-0.2, -0.15) is 5.10 Å². The van der Waals surface area contributed by atoms with Crippen LogP contribution in [0.5, 0.6) is 0 Å². The third-order valence-electron chi connectivity index (χ3n) is 3.21. The molecule has 0 amide bonds. The minimum absolute atomic E-state index is 0.740. The summed E-state index contributed by atoms with van der Waals surface area (Å²) in [5.74, 6) is 0. The SMILES string of the molecule is CCn1cc(CNC2CCCCC2)cn1. The van der Waals surface area contributed by atoms with E-state index < -0.39 is 0 Å². The van der Waals surface area contributed by atoms with Crippen LogP contribution in [0.1, 0.15) is 44.6 Å². The molecule has 0 unspecified atom stereocenters. The molecular weight excluding hydrogens is 186 g/mol. The number of hydrogen-bond acceptors (Lipinski definition) is 2. The van der Waals surface area contributed by atoms with Crippen LogP contribution in [0.25, 0.3) is 0 Å². The van der Waals surface area contributed by atoms with Gasteiger partial charge in [0.05, 0.1) is 6.20 Å². The quantitative estimate of drug-likeness (QED) is 0.821. The van der Waals surface area contributed by atoms with Crippen molar-refractivity contribution in [1.82, 2.24) is 15.1 Å². The second-order valence-corrected chi connectivity index (χ2v) is 4.42. The smallest absolute Gasteiger partial charge is 0.0534 e. The van der Waals surface area contributed by atoms with E-state index in [4.69, 9.17) is 0 Å². The summed E-state index contributed by atoms with van der Waals surface area (Å²) in [6.45, 7) is 4.05. The Morgan fingerprint density at radius 2 is 2.20 bits per heavy atom. The van der Waals surface area contributed by atoms with E-state index >= 15 is 0 Å². The topological polar surface area (TPSA) is 29.9 Å². The first-order valence-corrected chi connectivity index (χ1v) is 6.13. The molecule has 1 aromatic rings. The highest BCUT2D eigenvalue weighted by atomic mass is 15.3. The van der Waals surface area contributed by atoms with Crippen molar-refractivity contribution in [3.8, 4) is 0 Å². The van der Waals surface area contributed by atoms with Crippen molar-refractivity contribution in [2.45, 2.75) is 58.2 Å². The maximum absolute atomic E-state index is 4.28. The maximum atomic E-state index is 4.28. The lowest BCUT2D eigenvalue weighted by Crippen LogP contribution is -2.30. The van der Waals surface area contributed by atoms with Crippen molar-refractivity contribution < 1.29 is 0 Å². The first-order valence-electron chi connectivity index (χ1n) is 6.13. The van der Waals surface area contributed by atoms with Crippen molar-refractivity contribution >= 4 is 0 Å². The molecule has 0 saturated heterocycles. The molecule has 15 heavy (non-hydrogen) atoms. The molecule has 1 heterocycles. The van der Waals surface area contributed by atoms with Gasteiger partial charge in [0, 0.05) is 30.9 Å². The molecule has 3 nitrogen and oxygen atoms in total. The molecule has 0 bridgehead atoms. The second kappa shape index (κ2) is 5.31. The lowest BCUT2D eigenvalue weighted by Gasteiger charge is -2.22. The van der Waals surface area contributed by atoms with E-state index in [1.165, 1.54) is 37.7 Å². The van der Waals surface area contributed by atoms with Gasteiger partial charge in [-0.1, -0.05) is 19.3 Å². The Morgan fingerprint density at radius 1 is 1.40 bits per heavy atom. The second-order valence-electron chi connectivity index (χ2n) is 4.42. The Kier molecular flexibility index (Phi) is 3.78. The van der Waals surface area contributed by atoms with Crippen molar-refractivity contribution in [2.24, 2.45) is 0 Å². The van der Waals surface area contributed by atoms with Crippen molar-refractivity contribution in [3.63, 3.8) is 0 Å². The molecule has 0 aliphatic heterocycles. The molecule has 0 spiro atoms. The number of rotatable bonds is 4. The Morgan fingerprint density at radius 3 is 2.87 bits per heavy atom. The molecular formula is C12H21N3. The molecule has 0 radical (unpaired) electrons. The predicted octanol–water partition coefficient (Wildman–Crippen LogP) is 2.33. The summed E-state index contributed by atoms with van der Waals surface area (Å²) in [5.41, 5.74) is 1.31. The maximum Gasteiger partial charge on any atom is 0.0534 e. The molecule has 1 aliphatic rings. The fourth-order valence-corrected chi connectivity index (χ4v) is 2.24. The third kappa shape index (κ3) is 3.06. The number of nitrogens with one attached hydrogen (secondary N) is 1. The highest BCUT2D eigenvalue weighted by Gasteiger charge is 2.12. The first kappa shape index (κ1) is 10.7. The summed E-state index contributed by atoms with van der Waals surface area (Å²) >= 11 is 0. The van der Waals surface area contributed by atoms with Gasteiger partial charge in [-0.3, -0.25) is 4.68 Å². The van der Waals surface area contributed by atoms with Gasteiger partial charge in [0.15, 0.2) is 0 Å². The third-order valence-corrected chi connectivity index (χ3v) is 3.21. The highest BCUT2D eigenvalue weighted by molar-refractivity contribution is 5.03. The number of aryl methyl sites for hydroxylation is 1. The Hall–Kier alpha value is -0.830. The van der Waals surface area contributed by atoms with Gasteiger partial charge < -0.3 is 5.32 Å². The summed E-state index contributed by atoms with van der Waals surface area (Å²) in [5, 5.41) is 7.90. The average molecular weight is 207 g/mol. The van der Waals surface area contributed by atoms with Gasteiger partial charge in [-0.25, -0.2) is 0 Å². The monoisotopic (exact) mass is 207 g/mol. The lowest BCUT2D eigenvalue weighted by molar-refractivity contribution is 0.372. The van der Waals surface area contributed by atoms with Crippen LogP contribution in [-0.4, -0.2) is 15.8 Å². The molecule has 1 aliphatic carbocycles. The van der Waals surface area contributed by atoms with Crippen LogP contribution in [0.3, 0.4) is 0 Å². The zero-order valence-electron chi connectivity index (χ0n) is 9.58. The Bertz CT molecular complexity index is 287. The van der Waals surface area contributed by atoms with Crippen LogP contribution in [0.15, 0.2) is 12.4 Å². The molecule has 1 N–H and O–H groups in total. The summed E-state index contributed by atoms with van der Waals surface area (Å²) < 4.78 is 1.98. The normalized spacial score (nSPS) is 18.2. The van der Waals surface area contributed by atoms with Crippen LogP contribution in [0.4, 0.5) is 0 Å². The molecule has 84 valence electrons. The van der Waals surface area contributed by atoms with Gasteiger partial charge >= 0.3 is 0 Å². The van der Waals surface area contributed by atoms with Crippen molar-refractivity contribution in [2.75, 3.05) is 0 Å². The van der Waals surface area contributed by atoms with E-state index in [-0.39, 0.29) is 0 Å². The van der Waals surface area contributed by atoms with Crippen LogP contribution in [-0.2, 0) is 13.1 Å². The molecule has 3 heteroatoms. The number of aromatic nitrogens is 2. The van der Waals surface area contributed by atoms with Crippen molar-refractivity contribution in [1.29, 1.82) is 0 Å². The summed E-state index contributed by atoms with van der Waals surface area (Å²) in [7, 11) is 0. The van der Waals surface area contributed by atoms with Gasteiger partial charge in [0.25, 0.3) is 0 Å². The summed E-state index contributed by atoms with van der Waals surface area (Å²) in [4.78, 5) is 0. The molecule has 1 fully saturated rings. The molecule has 1 saturated carbocycles.